The Kier molecular flexibility index (Phi) is 3.36. The van der Waals surface area contributed by atoms with Crippen LogP contribution in [-0.4, -0.2) is 12.4 Å². The molecule has 0 atom stereocenters. The summed E-state index contributed by atoms with van der Waals surface area (Å²) in [7, 11) is 0. The molecule has 0 aliphatic carbocycles. The van der Waals surface area contributed by atoms with Gasteiger partial charge in [0.1, 0.15) is 5.75 Å². The van der Waals surface area contributed by atoms with E-state index in [2.05, 4.69) is 0 Å². The third-order valence-electron chi connectivity index (χ3n) is 1.76. The molecule has 0 bridgehead atoms. The third kappa shape index (κ3) is 2.17. The molecule has 0 spiro atoms. The number of nitrogen functional groups attached to an aromatic ring is 1. The maximum Gasteiger partial charge on any atom is 0.161 e. The summed E-state index contributed by atoms with van der Waals surface area (Å²) in [5.74, 6) is 0.447. The van der Waals surface area contributed by atoms with Crippen LogP contribution in [0.15, 0.2) is 12.1 Å². The third-order valence-corrected chi connectivity index (χ3v) is 2.19. The zero-order valence-corrected chi connectivity index (χ0v) is 8.89. The van der Waals surface area contributed by atoms with Gasteiger partial charge in [-0.15, -0.1) is 0 Å². The molecule has 0 unspecified atom stereocenters. The van der Waals surface area contributed by atoms with E-state index in [1.54, 1.807) is 12.1 Å². The van der Waals surface area contributed by atoms with Crippen molar-refractivity contribution in [2.45, 2.75) is 13.8 Å². The Morgan fingerprint density at radius 3 is 2.71 bits per heavy atom. The Bertz CT molecular complexity index is 363. The van der Waals surface area contributed by atoms with Gasteiger partial charge in [-0.05, 0) is 19.9 Å². The van der Waals surface area contributed by atoms with Crippen molar-refractivity contribution < 1.29 is 9.53 Å². The summed E-state index contributed by atoms with van der Waals surface area (Å²) in [4.78, 5) is 11.2. The Balaban J connectivity index is 3.21. The van der Waals surface area contributed by atoms with E-state index in [1.165, 1.54) is 6.92 Å². The summed E-state index contributed by atoms with van der Waals surface area (Å²) in [6.07, 6.45) is 0. The molecular weight excluding hydrogens is 202 g/mol. The number of carbonyl (C=O) groups is 1. The summed E-state index contributed by atoms with van der Waals surface area (Å²) in [6, 6.07) is 3.21. The first-order valence-electron chi connectivity index (χ1n) is 4.29. The molecule has 2 N–H and O–H groups in total. The summed E-state index contributed by atoms with van der Waals surface area (Å²) >= 11 is 5.86. The fourth-order valence-electron chi connectivity index (χ4n) is 1.13. The van der Waals surface area contributed by atoms with Crippen LogP contribution in [0.5, 0.6) is 5.75 Å². The molecule has 0 fully saturated rings. The van der Waals surface area contributed by atoms with Crippen LogP contribution in [0, 0.1) is 0 Å². The molecule has 14 heavy (non-hydrogen) atoms. The van der Waals surface area contributed by atoms with E-state index >= 15 is 0 Å². The van der Waals surface area contributed by atoms with Gasteiger partial charge in [-0.3, -0.25) is 4.79 Å². The lowest BCUT2D eigenvalue weighted by molar-refractivity contribution is 0.101. The monoisotopic (exact) mass is 213 g/mol. The maximum absolute atomic E-state index is 11.2. The lowest BCUT2D eigenvalue weighted by Gasteiger charge is -2.08. The standard InChI is InChI=1S/C10H12ClNO2/c1-3-14-7-4-8(6(2)13)10(11)9(12)5-7/h4-5H,3,12H2,1-2H3. The van der Waals surface area contributed by atoms with Crippen molar-refractivity contribution in [1.82, 2.24) is 0 Å². The van der Waals surface area contributed by atoms with Crippen molar-refractivity contribution in [3.05, 3.63) is 22.7 Å². The van der Waals surface area contributed by atoms with Crippen LogP contribution in [0.4, 0.5) is 5.69 Å². The predicted molar refractivity (Wildman–Crippen MR) is 57.0 cm³/mol. The number of benzene rings is 1. The number of hydrogen-bond donors (Lipinski definition) is 1. The van der Waals surface area contributed by atoms with Crippen molar-refractivity contribution in [2.24, 2.45) is 0 Å². The molecular formula is C10H12ClNO2. The fraction of sp³-hybridized carbons (Fsp3) is 0.300. The van der Waals surface area contributed by atoms with Gasteiger partial charge in [0.2, 0.25) is 0 Å². The van der Waals surface area contributed by atoms with Crippen molar-refractivity contribution in [2.75, 3.05) is 12.3 Å². The summed E-state index contributed by atoms with van der Waals surface area (Å²) in [5, 5.41) is 0.293. The number of halogens is 1. The Labute approximate surface area is 87.8 Å². The smallest absolute Gasteiger partial charge is 0.161 e. The van der Waals surface area contributed by atoms with Crippen LogP contribution in [0.3, 0.4) is 0 Å². The highest BCUT2D eigenvalue weighted by molar-refractivity contribution is 6.36. The molecule has 0 heterocycles. The minimum absolute atomic E-state index is 0.122. The molecule has 1 rings (SSSR count). The van der Waals surface area contributed by atoms with Gasteiger partial charge in [0.05, 0.1) is 17.3 Å². The van der Waals surface area contributed by atoms with E-state index in [-0.39, 0.29) is 5.78 Å². The SMILES string of the molecule is CCOc1cc(N)c(Cl)c(C(C)=O)c1. The van der Waals surface area contributed by atoms with E-state index in [4.69, 9.17) is 22.1 Å². The van der Waals surface area contributed by atoms with Gasteiger partial charge in [0.15, 0.2) is 5.78 Å². The zero-order chi connectivity index (χ0) is 10.7. The van der Waals surface area contributed by atoms with Crippen LogP contribution in [-0.2, 0) is 0 Å². The van der Waals surface area contributed by atoms with Gasteiger partial charge in [0.25, 0.3) is 0 Å². The molecule has 0 amide bonds. The van der Waals surface area contributed by atoms with Crippen molar-refractivity contribution in [3.63, 3.8) is 0 Å². The number of Topliss-reactive ketones (excluding diaryl/α,β-unsaturated/α-hetero) is 1. The van der Waals surface area contributed by atoms with Gasteiger partial charge in [0, 0.05) is 11.6 Å². The van der Waals surface area contributed by atoms with Crippen molar-refractivity contribution in [3.8, 4) is 5.75 Å². The van der Waals surface area contributed by atoms with Crippen LogP contribution in [0.2, 0.25) is 5.02 Å². The second-order valence-corrected chi connectivity index (χ2v) is 3.24. The van der Waals surface area contributed by atoms with Crippen LogP contribution in [0.25, 0.3) is 0 Å². The Hall–Kier alpha value is -1.22. The van der Waals surface area contributed by atoms with Crippen LogP contribution < -0.4 is 10.5 Å². The van der Waals surface area contributed by atoms with Gasteiger partial charge < -0.3 is 10.5 Å². The summed E-state index contributed by atoms with van der Waals surface area (Å²) in [6.45, 7) is 3.83. The lowest BCUT2D eigenvalue weighted by Crippen LogP contribution is -2.00. The largest absolute Gasteiger partial charge is 0.494 e. The molecule has 1 aromatic rings. The van der Waals surface area contributed by atoms with Crippen LogP contribution >= 0.6 is 11.6 Å². The first kappa shape index (κ1) is 10.9. The highest BCUT2D eigenvalue weighted by Gasteiger charge is 2.10. The number of rotatable bonds is 3. The minimum atomic E-state index is -0.122. The second-order valence-electron chi connectivity index (χ2n) is 2.86. The van der Waals surface area contributed by atoms with Crippen molar-refractivity contribution in [1.29, 1.82) is 0 Å². The van der Waals surface area contributed by atoms with Crippen molar-refractivity contribution >= 4 is 23.1 Å². The highest BCUT2D eigenvalue weighted by atomic mass is 35.5. The number of nitrogens with two attached hydrogens (primary N) is 1. The minimum Gasteiger partial charge on any atom is -0.494 e. The second kappa shape index (κ2) is 4.33. The number of ether oxygens (including phenoxy) is 1. The molecule has 4 heteroatoms. The number of hydrogen-bond acceptors (Lipinski definition) is 3. The highest BCUT2D eigenvalue weighted by Crippen LogP contribution is 2.29. The van der Waals surface area contributed by atoms with E-state index in [1.807, 2.05) is 6.92 Å². The van der Waals surface area contributed by atoms with Gasteiger partial charge in [-0.25, -0.2) is 0 Å². The van der Waals surface area contributed by atoms with Gasteiger partial charge in [-0.2, -0.15) is 0 Å². The quantitative estimate of drug-likeness (QED) is 0.620. The Morgan fingerprint density at radius 1 is 1.57 bits per heavy atom. The van der Waals surface area contributed by atoms with E-state index in [0.29, 0.717) is 28.6 Å². The summed E-state index contributed by atoms with van der Waals surface area (Å²) in [5.41, 5.74) is 6.39. The first-order chi connectivity index (χ1) is 6.56. The van der Waals surface area contributed by atoms with E-state index in [0.717, 1.165) is 0 Å². The molecule has 0 aliphatic rings. The lowest BCUT2D eigenvalue weighted by atomic mass is 10.1. The normalized spacial score (nSPS) is 9.93. The number of ketones is 1. The van der Waals surface area contributed by atoms with Crippen LogP contribution in [0.1, 0.15) is 24.2 Å². The molecule has 0 aromatic heterocycles. The Morgan fingerprint density at radius 2 is 2.21 bits per heavy atom. The summed E-state index contributed by atoms with van der Waals surface area (Å²) < 4.78 is 5.24. The van der Waals surface area contributed by atoms with Gasteiger partial charge in [-0.1, -0.05) is 11.6 Å². The molecule has 0 radical (unpaired) electrons. The average Bonchev–Trinajstić information content (AvgIpc) is 2.11. The predicted octanol–water partition coefficient (Wildman–Crippen LogP) is 2.52. The topological polar surface area (TPSA) is 52.3 Å². The fourth-order valence-corrected chi connectivity index (χ4v) is 1.37. The number of carbonyl (C=O) groups excluding carboxylic acids is 1. The molecule has 0 saturated carbocycles. The average molecular weight is 214 g/mol. The number of anilines is 1. The molecule has 1 aromatic carbocycles. The van der Waals surface area contributed by atoms with E-state index < -0.39 is 0 Å². The zero-order valence-electron chi connectivity index (χ0n) is 8.13. The van der Waals surface area contributed by atoms with Gasteiger partial charge >= 0.3 is 0 Å². The maximum atomic E-state index is 11.2. The molecule has 76 valence electrons. The molecule has 0 saturated heterocycles. The molecule has 3 nitrogen and oxygen atoms in total. The first-order valence-corrected chi connectivity index (χ1v) is 4.66. The van der Waals surface area contributed by atoms with E-state index in [9.17, 15) is 4.79 Å². The molecule has 0 aliphatic heterocycles.